The molecule has 1 saturated heterocycles. The summed E-state index contributed by atoms with van der Waals surface area (Å²) < 4.78 is 0. The van der Waals surface area contributed by atoms with Gasteiger partial charge in [0, 0.05) is 31.7 Å². The molecule has 2 saturated carbocycles. The normalized spacial score (nSPS) is 32.1. The standard InChI is InChI=1S/C14H26N2/c1-2-13(7-8-13)11-16-10-9-15-14(12-16)5-3-4-6-14/h15H,2-12H2,1H3. The fourth-order valence-electron chi connectivity index (χ4n) is 3.84. The molecule has 92 valence electrons. The molecule has 2 aliphatic carbocycles. The van der Waals surface area contributed by atoms with Crippen LogP contribution in [-0.2, 0) is 0 Å². The fourth-order valence-corrected chi connectivity index (χ4v) is 3.84. The van der Waals surface area contributed by atoms with Crippen LogP contribution in [0.2, 0.25) is 0 Å². The van der Waals surface area contributed by atoms with Crippen molar-refractivity contribution < 1.29 is 0 Å². The van der Waals surface area contributed by atoms with Gasteiger partial charge >= 0.3 is 0 Å². The number of hydrogen-bond donors (Lipinski definition) is 1. The smallest absolute Gasteiger partial charge is 0.0309 e. The second-order valence-corrected chi connectivity index (χ2v) is 6.48. The minimum atomic E-state index is 0.516. The molecular weight excluding hydrogens is 196 g/mol. The van der Waals surface area contributed by atoms with E-state index in [1.807, 2.05) is 0 Å². The lowest BCUT2D eigenvalue weighted by molar-refractivity contribution is 0.111. The summed E-state index contributed by atoms with van der Waals surface area (Å²) in [4.78, 5) is 2.76. The highest BCUT2D eigenvalue weighted by molar-refractivity contribution is 5.01. The van der Waals surface area contributed by atoms with Gasteiger partial charge in [-0.1, -0.05) is 19.8 Å². The second kappa shape index (κ2) is 3.99. The van der Waals surface area contributed by atoms with Gasteiger partial charge in [0.15, 0.2) is 0 Å². The van der Waals surface area contributed by atoms with Gasteiger partial charge in [0.1, 0.15) is 0 Å². The van der Waals surface area contributed by atoms with Crippen LogP contribution < -0.4 is 5.32 Å². The monoisotopic (exact) mass is 222 g/mol. The Morgan fingerprint density at radius 3 is 2.50 bits per heavy atom. The predicted octanol–water partition coefficient (Wildman–Crippen LogP) is 2.39. The molecule has 1 spiro atoms. The van der Waals surface area contributed by atoms with Crippen LogP contribution in [0.3, 0.4) is 0 Å². The first-order valence-corrected chi connectivity index (χ1v) is 7.23. The molecule has 0 amide bonds. The average molecular weight is 222 g/mol. The Morgan fingerprint density at radius 1 is 1.12 bits per heavy atom. The second-order valence-electron chi connectivity index (χ2n) is 6.48. The maximum atomic E-state index is 3.81. The quantitative estimate of drug-likeness (QED) is 0.789. The van der Waals surface area contributed by atoms with Crippen molar-refractivity contribution in [2.45, 2.75) is 57.4 Å². The van der Waals surface area contributed by atoms with Gasteiger partial charge in [-0.2, -0.15) is 0 Å². The van der Waals surface area contributed by atoms with E-state index in [9.17, 15) is 0 Å². The third-order valence-corrected chi connectivity index (χ3v) is 5.28. The Labute approximate surface area is 99.8 Å². The fraction of sp³-hybridized carbons (Fsp3) is 1.00. The zero-order valence-electron chi connectivity index (χ0n) is 10.7. The maximum absolute atomic E-state index is 3.81. The molecule has 16 heavy (non-hydrogen) atoms. The molecule has 3 rings (SSSR count). The van der Waals surface area contributed by atoms with E-state index in [1.165, 1.54) is 71.1 Å². The first-order valence-electron chi connectivity index (χ1n) is 7.23. The third-order valence-electron chi connectivity index (χ3n) is 5.28. The summed E-state index contributed by atoms with van der Waals surface area (Å²) in [6, 6.07) is 0. The van der Waals surface area contributed by atoms with Crippen LogP contribution in [0, 0.1) is 5.41 Å². The number of nitrogens with one attached hydrogen (secondary N) is 1. The lowest BCUT2D eigenvalue weighted by atomic mass is 9.93. The van der Waals surface area contributed by atoms with Crippen LogP contribution in [0.15, 0.2) is 0 Å². The van der Waals surface area contributed by atoms with Gasteiger partial charge in [-0.3, -0.25) is 4.90 Å². The summed E-state index contributed by atoms with van der Waals surface area (Å²) in [5, 5.41) is 3.81. The Kier molecular flexibility index (Phi) is 2.75. The summed E-state index contributed by atoms with van der Waals surface area (Å²) in [5.74, 6) is 0. The first-order chi connectivity index (χ1) is 7.76. The molecule has 1 heterocycles. The first kappa shape index (κ1) is 11.0. The van der Waals surface area contributed by atoms with Crippen LogP contribution in [0.25, 0.3) is 0 Å². The molecule has 0 atom stereocenters. The van der Waals surface area contributed by atoms with Crippen LogP contribution in [0.4, 0.5) is 0 Å². The zero-order chi connectivity index (χ0) is 11.1. The minimum Gasteiger partial charge on any atom is -0.309 e. The van der Waals surface area contributed by atoms with Gasteiger partial charge in [0.05, 0.1) is 0 Å². The Hall–Kier alpha value is -0.0800. The minimum absolute atomic E-state index is 0.516. The van der Waals surface area contributed by atoms with Crippen molar-refractivity contribution >= 4 is 0 Å². The number of hydrogen-bond acceptors (Lipinski definition) is 2. The molecule has 0 radical (unpaired) electrons. The largest absolute Gasteiger partial charge is 0.309 e. The van der Waals surface area contributed by atoms with Crippen molar-refractivity contribution in [2.75, 3.05) is 26.2 Å². The van der Waals surface area contributed by atoms with E-state index < -0.39 is 0 Å². The van der Waals surface area contributed by atoms with Gasteiger partial charge in [-0.15, -0.1) is 0 Å². The van der Waals surface area contributed by atoms with Crippen molar-refractivity contribution in [3.63, 3.8) is 0 Å². The number of piperazine rings is 1. The Balaban J connectivity index is 1.59. The van der Waals surface area contributed by atoms with Gasteiger partial charge < -0.3 is 5.32 Å². The Bertz CT molecular complexity index is 251. The molecule has 3 aliphatic rings. The van der Waals surface area contributed by atoms with Crippen molar-refractivity contribution in [1.82, 2.24) is 10.2 Å². The van der Waals surface area contributed by atoms with Gasteiger partial charge in [-0.25, -0.2) is 0 Å². The molecule has 3 fully saturated rings. The van der Waals surface area contributed by atoms with E-state index in [1.54, 1.807) is 0 Å². The van der Waals surface area contributed by atoms with Crippen LogP contribution in [-0.4, -0.2) is 36.6 Å². The summed E-state index contributed by atoms with van der Waals surface area (Å²) in [5.41, 5.74) is 1.25. The van der Waals surface area contributed by atoms with Crippen molar-refractivity contribution in [1.29, 1.82) is 0 Å². The molecule has 1 aliphatic heterocycles. The van der Waals surface area contributed by atoms with E-state index >= 15 is 0 Å². The molecule has 2 heteroatoms. The van der Waals surface area contributed by atoms with E-state index in [0.29, 0.717) is 5.54 Å². The van der Waals surface area contributed by atoms with E-state index in [-0.39, 0.29) is 0 Å². The molecule has 1 N–H and O–H groups in total. The molecular formula is C14H26N2. The SMILES string of the molecule is CCC1(CN2CCNC3(CCCC3)C2)CC1. The number of nitrogens with zero attached hydrogens (tertiary/aromatic N) is 1. The molecule has 0 bridgehead atoms. The van der Waals surface area contributed by atoms with Crippen molar-refractivity contribution in [2.24, 2.45) is 5.41 Å². The molecule has 0 aromatic carbocycles. The van der Waals surface area contributed by atoms with E-state index in [4.69, 9.17) is 0 Å². The van der Waals surface area contributed by atoms with Crippen LogP contribution in [0.5, 0.6) is 0 Å². The zero-order valence-corrected chi connectivity index (χ0v) is 10.7. The highest BCUT2D eigenvalue weighted by Crippen LogP contribution is 2.49. The van der Waals surface area contributed by atoms with E-state index in [2.05, 4.69) is 17.1 Å². The van der Waals surface area contributed by atoms with Gasteiger partial charge in [0.25, 0.3) is 0 Å². The Morgan fingerprint density at radius 2 is 1.88 bits per heavy atom. The summed E-state index contributed by atoms with van der Waals surface area (Å²) in [6.07, 6.45) is 10.1. The lowest BCUT2D eigenvalue weighted by Gasteiger charge is -2.42. The molecule has 0 aromatic heterocycles. The van der Waals surface area contributed by atoms with Gasteiger partial charge in [-0.05, 0) is 37.5 Å². The summed E-state index contributed by atoms with van der Waals surface area (Å²) >= 11 is 0. The van der Waals surface area contributed by atoms with Crippen molar-refractivity contribution in [3.05, 3.63) is 0 Å². The highest BCUT2D eigenvalue weighted by Gasteiger charge is 2.44. The predicted molar refractivity (Wildman–Crippen MR) is 67.6 cm³/mol. The lowest BCUT2D eigenvalue weighted by Crippen LogP contribution is -2.59. The topological polar surface area (TPSA) is 15.3 Å². The summed E-state index contributed by atoms with van der Waals surface area (Å²) in [6.45, 7) is 7.59. The van der Waals surface area contributed by atoms with Gasteiger partial charge in [0.2, 0.25) is 0 Å². The third kappa shape index (κ3) is 2.02. The molecule has 0 unspecified atom stereocenters. The van der Waals surface area contributed by atoms with Crippen LogP contribution in [0.1, 0.15) is 51.9 Å². The average Bonchev–Trinajstić information content (AvgIpc) is 2.93. The van der Waals surface area contributed by atoms with Crippen LogP contribution >= 0.6 is 0 Å². The van der Waals surface area contributed by atoms with E-state index in [0.717, 1.165) is 5.41 Å². The maximum Gasteiger partial charge on any atom is 0.0309 e. The summed E-state index contributed by atoms with van der Waals surface area (Å²) in [7, 11) is 0. The highest BCUT2D eigenvalue weighted by atomic mass is 15.2. The molecule has 2 nitrogen and oxygen atoms in total. The number of rotatable bonds is 3. The van der Waals surface area contributed by atoms with Crippen molar-refractivity contribution in [3.8, 4) is 0 Å². The molecule has 0 aromatic rings.